The van der Waals surface area contributed by atoms with Gasteiger partial charge in [-0.25, -0.2) is 0 Å². The Bertz CT molecular complexity index is 939. The molecule has 2 aromatic rings. The van der Waals surface area contributed by atoms with Crippen molar-refractivity contribution in [1.82, 2.24) is 5.32 Å². The number of nitrogens with one attached hydrogen (secondary N) is 1. The average Bonchev–Trinajstić information content (AvgIpc) is 3.02. The third kappa shape index (κ3) is 5.66. The lowest BCUT2D eigenvalue weighted by molar-refractivity contribution is -0.130. The number of hydrogen-bond donors (Lipinski definition) is 2. The van der Waals surface area contributed by atoms with Gasteiger partial charge >= 0.3 is 0 Å². The molecule has 182 valence electrons. The summed E-state index contributed by atoms with van der Waals surface area (Å²) < 4.78 is 5.84. The smallest absolute Gasteiger partial charge is 0.248 e. The van der Waals surface area contributed by atoms with Crippen LogP contribution in [0.15, 0.2) is 54.6 Å². The van der Waals surface area contributed by atoms with Gasteiger partial charge in [0.25, 0.3) is 0 Å². The third-order valence-electron chi connectivity index (χ3n) is 8.74. The lowest BCUT2D eigenvalue weighted by Crippen LogP contribution is -2.37. The summed E-state index contributed by atoms with van der Waals surface area (Å²) in [6.45, 7) is 1.09. The number of aliphatic hydroxyl groups excluding tert-OH is 1. The Kier molecular flexibility index (Phi) is 7.24. The molecule has 0 saturated heterocycles. The van der Waals surface area contributed by atoms with Crippen molar-refractivity contribution in [1.29, 1.82) is 0 Å². The van der Waals surface area contributed by atoms with E-state index in [4.69, 9.17) is 4.74 Å². The topological polar surface area (TPSA) is 58.6 Å². The minimum Gasteiger partial charge on any atom is -0.489 e. The van der Waals surface area contributed by atoms with Gasteiger partial charge in [0.1, 0.15) is 18.5 Å². The highest BCUT2D eigenvalue weighted by Crippen LogP contribution is 2.61. The molecule has 3 fully saturated rings. The predicted octanol–water partition coefficient (Wildman–Crippen LogP) is 5.67. The van der Waals surface area contributed by atoms with Gasteiger partial charge in [0, 0.05) is 6.54 Å². The van der Waals surface area contributed by atoms with Crippen LogP contribution in [0.5, 0.6) is 5.75 Å². The average molecular weight is 462 g/mol. The number of benzene rings is 2. The van der Waals surface area contributed by atoms with Crippen LogP contribution in [-0.4, -0.2) is 23.7 Å². The van der Waals surface area contributed by atoms with Gasteiger partial charge in [-0.3, -0.25) is 4.79 Å². The maximum absolute atomic E-state index is 12.5. The molecule has 0 aliphatic heterocycles. The van der Waals surface area contributed by atoms with E-state index in [0.29, 0.717) is 25.0 Å². The van der Waals surface area contributed by atoms with E-state index in [9.17, 15) is 9.90 Å². The summed E-state index contributed by atoms with van der Waals surface area (Å²) in [6.07, 6.45) is 11.1. The highest BCUT2D eigenvalue weighted by molar-refractivity contribution is 5.80. The number of rotatable bonds is 10. The Morgan fingerprint density at radius 3 is 2.62 bits per heavy atom. The fourth-order valence-electron chi connectivity index (χ4n) is 7.14. The SMILES string of the molecule is O=C(NCCc1ccc(OCc2ccccc2)cc1)C(O)CCC12CC3CCCC(C1)C(C3)C2. The molecule has 3 bridgehead atoms. The second-order valence-electron chi connectivity index (χ2n) is 11.2. The normalized spacial score (nSPS) is 28.3. The molecular formula is C30H39NO3. The molecule has 5 unspecified atom stereocenters. The first-order valence-corrected chi connectivity index (χ1v) is 13.3. The Morgan fingerprint density at radius 2 is 1.79 bits per heavy atom. The molecule has 3 saturated carbocycles. The van der Waals surface area contributed by atoms with Gasteiger partial charge in [-0.05, 0) is 91.4 Å². The van der Waals surface area contributed by atoms with Crippen LogP contribution in [0.2, 0.25) is 0 Å². The fraction of sp³-hybridized carbons (Fsp3) is 0.567. The predicted molar refractivity (Wildman–Crippen MR) is 134 cm³/mol. The Hall–Kier alpha value is -2.33. The summed E-state index contributed by atoms with van der Waals surface area (Å²) in [7, 11) is 0. The largest absolute Gasteiger partial charge is 0.489 e. The summed E-state index contributed by atoms with van der Waals surface area (Å²) in [5.41, 5.74) is 2.70. The molecule has 0 spiro atoms. The van der Waals surface area contributed by atoms with Gasteiger partial charge in [-0.2, -0.15) is 0 Å². The van der Waals surface area contributed by atoms with E-state index in [2.05, 4.69) is 17.4 Å². The summed E-state index contributed by atoms with van der Waals surface area (Å²) >= 11 is 0. The highest BCUT2D eigenvalue weighted by Gasteiger charge is 2.51. The fourth-order valence-corrected chi connectivity index (χ4v) is 7.14. The van der Waals surface area contributed by atoms with E-state index in [1.54, 1.807) is 0 Å². The molecule has 0 aromatic heterocycles. The number of hydrogen-bond acceptors (Lipinski definition) is 3. The van der Waals surface area contributed by atoms with Crippen molar-refractivity contribution < 1.29 is 14.6 Å². The molecule has 4 nitrogen and oxygen atoms in total. The van der Waals surface area contributed by atoms with Crippen LogP contribution < -0.4 is 10.1 Å². The quantitative estimate of drug-likeness (QED) is 0.479. The van der Waals surface area contributed by atoms with E-state index >= 15 is 0 Å². The van der Waals surface area contributed by atoms with E-state index < -0.39 is 6.10 Å². The van der Waals surface area contributed by atoms with Gasteiger partial charge in [0.2, 0.25) is 5.91 Å². The zero-order valence-electron chi connectivity index (χ0n) is 20.3. The minimum absolute atomic E-state index is 0.218. The minimum atomic E-state index is -0.885. The van der Waals surface area contributed by atoms with Gasteiger partial charge < -0.3 is 15.2 Å². The van der Waals surface area contributed by atoms with E-state index in [0.717, 1.165) is 47.5 Å². The van der Waals surface area contributed by atoms with Crippen LogP contribution in [0.4, 0.5) is 0 Å². The summed E-state index contributed by atoms with van der Waals surface area (Å²) in [5, 5.41) is 13.5. The number of aliphatic hydroxyl groups is 1. The summed E-state index contributed by atoms with van der Waals surface area (Å²) in [4.78, 5) is 12.5. The van der Waals surface area contributed by atoms with Gasteiger partial charge in [-0.15, -0.1) is 0 Å². The molecule has 34 heavy (non-hydrogen) atoms. The third-order valence-corrected chi connectivity index (χ3v) is 8.74. The van der Waals surface area contributed by atoms with Crippen molar-refractivity contribution >= 4 is 5.91 Å². The van der Waals surface area contributed by atoms with Crippen molar-refractivity contribution in [2.75, 3.05) is 6.54 Å². The van der Waals surface area contributed by atoms with Crippen molar-refractivity contribution in [3.8, 4) is 5.75 Å². The summed E-state index contributed by atoms with van der Waals surface area (Å²) in [5.74, 6) is 3.35. The molecule has 2 aromatic carbocycles. The zero-order valence-corrected chi connectivity index (χ0v) is 20.3. The molecular weight excluding hydrogens is 422 g/mol. The number of amides is 1. The molecule has 4 heteroatoms. The summed E-state index contributed by atoms with van der Waals surface area (Å²) in [6, 6.07) is 18.2. The molecule has 0 heterocycles. The second-order valence-corrected chi connectivity index (χ2v) is 11.2. The van der Waals surface area contributed by atoms with Crippen molar-refractivity contribution in [3.63, 3.8) is 0 Å². The molecule has 5 rings (SSSR count). The van der Waals surface area contributed by atoms with Crippen molar-refractivity contribution in [2.45, 2.75) is 76.9 Å². The van der Waals surface area contributed by atoms with Gasteiger partial charge in [0.05, 0.1) is 0 Å². The monoisotopic (exact) mass is 461 g/mol. The van der Waals surface area contributed by atoms with Crippen LogP contribution in [0.1, 0.15) is 68.9 Å². The second kappa shape index (κ2) is 10.5. The maximum atomic E-state index is 12.5. The van der Waals surface area contributed by atoms with Crippen LogP contribution in [0, 0.1) is 23.2 Å². The number of ether oxygens (including phenoxy) is 1. The Morgan fingerprint density at radius 1 is 1.00 bits per heavy atom. The number of carbonyl (C=O) groups is 1. The molecule has 1 amide bonds. The van der Waals surface area contributed by atoms with Crippen LogP contribution in [-0.2, 0) is 17.8 Å². The highest BCUT2D eigenvalue weighted by atomic mass is 16.5. The van der Waals surface area contributed by atoms with E-state index in [1.165, 1.54) is 44.9 Å². The zero-order chi connectivity index (χ0) is 23.4. The van der Waals surface area contributed by atoms with Crippen LogP contribution >= 0.6 is 0 Å². The first-order valence-electron chi connectivity index (χ1n) is 13.3. The van der Waals surface area contributed by atoms with Crippen molar-refractivity contribution in [2.24, 2.45) is 23.2 Å². The molecule has 3 aliphatic rings. The Labute approximate surface area is 204 Å². The van der Waals surface area contributed by atoms with Crippen molar-refractivity contribution in [3.05, 3.63) is 65.7 Å². The molecule has 0 radical (unpaired) electrons. The van der Waals surface area contributed by atoms with Gasteiger partial charge in [-0.1, -0.05) is 61.7 Å². The maximum Gasteiger partial charge on any atom is 0.248 e. The Balaban J connectivity index is 1.02. The molecule has 3 aliphatic carbocycles. The lowest BCUT2D eigenvalue weighted by Gasteiger charge is -2.38. The first-order chi connectivity index (χ1) is 16.6. The van der Waals surface area contributed by atoms with E-state index in [-0.39, 0.29) is 5.91 Å². The lowest BCUT2D eigenvalue weighted by atomic mass is 9.67. The molecule has 2 N–H and O–H groups in total. The number of fused-ring (bicyclic) bond motifs is 2. The standard InChI is InChI=1S/C30H39NO3/c32-28(13-15-30-18-24-7-4-8-25(19-30)26(17-24)20-30)29(33)31-16-14-22-9-11-27(12-10-22)34-21-23-5-2-1-3-6-23/h1-3,5-6,9-12,24-26,28,32H,4,7-8,13-21H2,(H,31,33). The molecule has 5 atom stereocenters. The van der Waals surface area contributed by atoms with Crippen LogP contribution in [0.3, 0.4) is 0 Å². The van der Waals surface area contributed by atoms with Crippen LogP contribution in [0.25, 0.3) is 0 Å². The van der Waals surface area contributed by atoms with Gasteiger partial charge in [0.15, 0.2) is 0 Å². The number of carbonyl (C=O) groups excluding carboxylic acids is 1. The van der Waals surface area contributed by atoms with E-state index in [1.807, 2.05) is 42.5 Å². The first kappa shape index (κ1) is 23.4.